The van der Waals surface area contributed by atoms with Crippen LogP contribution in [0.25, 0.3) is 0 Å². The van der Waals surface area contributed by atoms with Gasteiger partial charge in [-0.25, -0.2) is 0 Å². The zero-order chi connectivity index (χ0) is 10.9. The maximum absolute atomic E-state index is 5.32. The number of hydrogen-bond donors (Lipinski definition) is 1. The summed E-state index contributed by atoms with van der Waals surface area (Å²) in [5.74, 6) is 3.47. The van der Waals surface area contributed by atoms with E-state index in [0.717, 1.165) is 38.7 Å². The Morgan fingerprint density at radius 2 is 2.24 bits per heavy atom. The molecule has 1 fully saturated rings. The van der Waals surface area contributed by atoms with Crippen molar-refractivity contribution in [3.05, 3.63) is 0 Å². The van der Waals surface area contributed by atoms with Crippen LogP contribution in [-0.4, -0.2) is 51.3 Å². The summed E-state index contributed by atoms with van der Waals surface area (Å²) >= 11 is 0. The Bertz CT molecular complexity index is 209. The van der Waals surface area contributed by atoms with Crippen molar-refractivity contribution in [3.8, 4) is 12.3 Å². The van der Waals surface area contributed by atoms with Crippen molar-refractivity contribution in [2.24, 2.45) is 5.92 Å². The summed E-state index contributed by atoms with van der Waals surface area (Å²) in [5.41, 5.74) is 0. The van der Waals surface area contributed by atoms with Crippen LogP contribution in [0.15, 0.2) is 0 Å². The minimum Gasteiger partial charge on any atom is -0.383 e. The van der Waals surface area contributed by atoms with Gasteiger partial charge in [-0.1, -0.05) is 5.92 Å². The van der Waals surface area contributed by atoms with E-state index in [1.807, 2.05) is 0 Å². The molecule has 1 N–H and O–H groups in total. The van der Waals surface area contributed by atoms with Gasteiger partial charge in [0.1, 0.15) is 0 Å². The number of methoxy groups -OCH3 is 1. The molecule has 1 aliphatic heterocycles. The molecule has 17 heavy (non-hydrogen) atoms. The van der Waals surface area contributed by atoms with E-state index < -0.39 is 0 Å². The summed E-state index contributed by atoms with van der Waals surface area (Å²) in [6.07, 6.45) is 7.92. The van der Waals surface area contributed by atoms with Crippen molar-refractivity contribution in [1.29, 1.82) is 0 Å². The summed E-state index contributed by atoms with van der Waals surface area (Å²) < 4.78 is 4.99. The lowest BCUT2D eigenvalue weighted by atomic mass is 9.98. The third-order valence-electron chi connectivity index (χ3n) is 2.83. The number of ether oxygens (including phenoxy) is 1. The Morgan fingerprint density at radius 3 is 2.88 bits per heavy atom. The molecule has 5 heteroatoms. The summed E-state index contributed by atoms with van der Waals surface area (Å²) in [4.78, 5) is 2.37. The van der Waals surface area contributed by atoms with E-state index in [-0.39, 0.29) is 24.8 Å². The maximum Gasteiger partial charge on any atom is 0.0599 e. The molecule has 0 aromatic carbocycles. The second-order valence-electron chi connectivity index (χ2n) is 4.14. The van der Waals surface area contributed by atoms with Gasteiger partial charge in [0.05, 0.1) is 13.2 Å². The van der Waals surface area contributed by atoms with Gasteiger partial charge in [-0.15, -0.1) is 31.2 Å². The van der Waals surface area contributed by atoms with Crippen LogP contribution in [0.1, 0.15) is 12.8 Å². The van der Waals surface area contributed by atoms with Crippen molar-refractivity contribution in [2.45, 2.75) is 12.8 Å². The van der Waals surface area contributed by atoms with Gasteiger partial charge in [-0.3, -0.25) is 4.90 Å². The highest BCUT2D eigenvalue weighted by Gasteiger charge is 2.18. The molecular formula is C12H24Cl2N2O. The first-order valence-electron chi connectivity index (χ1n) is 5.72. The average Bonchev–Trinajstić information content (AvgIpc) is 2.26. The van der Waals surface area contributed by atoms with E-state index in [2.05, 4.69) is 16.1 Å². The lowest BCUT2D eigenvalue weighted by Gasteiger charge is -2.31. The number of halogens is 2. The molecule has 1 atom stereocenters. The monoisotopic (exact) mass is 282 g/mol. The molecule has 1 saturated heterocycles. The molecule has 0 aliphatic carbocycles. The summed E-state index contributed by atoms with van der Waals surface area (Å²) in [7, 11) is 1.73. The van der Waals surface area contributed by atoms with Crippen molar-refractivity contribution < 1.29 is 4.74 Å². The molecule has 1 rings (SSSR count). The third kappa shape index (κ3) is 8.70. The normalized spacial score (nSPS) is 19.9. The van der Waals surface area contributed by atoms with Crippen LogP contribution in [0.2, 0.25) is 0 Å². The SMILES string of the molecule is C#CCN1CCCC(CNCCOC)C1.Cl.Cl. The summed E-state index contributed by atoms with van der Waals surface area (Å²) in [6, 6.07) is 0. The van der Waals surface area contributed by atoms with Gasteiger partial charge in [0.2, 0.25) is 0 Å². The fourth-order valence-corrected chi connectivity index (χ4v) is 2.07. The Kier molecular flexibility index (Phi) is 14.2. The topological polar surface area (TPSA) is 24.5 Å². The Morgan fingerprint density at radius 1 is 1.47 bits per heavy atom. The minimum atomic E-state index is 0. The largest absolute Gasteiger partial charge is 0.383 e. The molecule has 0 spiro atoms. The Balaban J connectivity index is 0. The number of nitrogens with one attached hydrogen (secondary N) is 1. The standard InChI is InChI=1S/C12H22N2O.2ClH/c1-3-7-14-8-4-5-12(11-14)10-13-6-9-15-2;;/h1,12-13H,4-11H2,2H3;2*1H. The highest BCUT2D eigenvalue weighted by atomic mass is 35.5. The molecular weight excluding hydrogens is 259 g/mol. The first-order valence-corrected chi connectivity index (χ1v) is 5.72. The van der Waals surface area contributed by atoms with Crippen LogP contribution >= 0.6 is 24.8 Å². The van der Waals surface area contributed by atoms with E-state index in [9.17, 15) is 0 Å². The Labute approximate surface area is 117 Å². The number of nitrogens with zero attached hydrogens (tertiary/aromatic N) is 1. The fourth-order valence-electron chi connectivity index (χ4n) is 2.07. The summed E-state index contributed by atoms with van der Waals surface area (Å²) in [6.45, 7) is 5.94. The number of likely N-dealkylation sites (tertiary alicyclic amines) is 1. The van der Waals surface area contributed by atoms with Crippen LogP contribution < -0.4 is 5.32 Å². The maximum atomic E-state index is 5.32. The molecule has 0 amide bonds. The van der Waals surface area contributed by atoms with Crippen molar-refractivity contribution in [2.75, 3.05) is 46.4 Å². The third-order valence-corrected chi connectivity index (χ3v) is 2.83. The smallest absolute Gasteiger partial charge is 0.0599 e. The van der Waals surface area contributed by atoms with E-state index in [1.165, 1.54) is 19.4 Å². The number of piperidine rings is 1. The molecule has 0 aromatic rings. The van der Waals surface area contributed by atoms with E-state index in [0.29, 0.717) is 0 Å². The lowest BCUT2D eigenvalue weighted by Crippen LogP contribution is -2.40. The van der Waals surface area contributed by atoms with E-state index >= 15 is 0 Å². The van der Waals surface area contributed by atoms with Crippen LogP contribution in [0.5, 0.6) is 0 Å². The number of terminal acetylenes is 1. The van der Waals surface area contributed by atoms with E-state index in [1.54, 1.807) is 7.11 Å². The van der Waals surface area contributed by atoms with E-state index in [4.69, 9.17) is 11.2 Å². The predicted molar refractivity (Wildman–Crippen MR) is 77.2 cm³/mol. The van der Waals surface area contributed by atoms with Gasteiger partial charge >= 0.3 is 0 Å². The van der Waals surface area contributed by atoms with Crippen molar-refractivity contribution in [1.82, 2.24) is 10.2 Å². The minimum absolute atomic E-state index is 0. The van der Waals surface area contributed by atoms with Gasteiger partial charge < -0.3 is 10.1 Å². The zero-order valence-corrected chi connectivity index (χ0v) is 12.1. The molecule has 0 radical (unpaired) electrons. The number of hydrogen-bond acceptors (Lipinski definition) is 3. The van der Waals surface area contributed by atoms with Crippen LogP contribution in [-0.2, 0) is 4.74 Å². The second kappa shape index (κ2) is 12.5. The highest BCUT2D eigenvalue weighted by molar-refractivity contribution is 5.85. The van der Waals surface area contributed by atoms with Crippen molar-refractivity contribution >= 4 is 24.8 Å². The lowest BCUT2D eigenvalue weighted by molar-refractivity contribution is 0.177. The molecule has 0 saturated carbocycles. The van der Waals surface area contributed by atoms with Crippen LogP contribution in [0, 0.1) is 18.3 Å². The zero-order valence-electron chi connectivity index (χ0n) is 10.5. The predicted octanol–water partition coefficient (Wildman–Crippen LogP) is 1.41. The first kappa shape index (κ1) is 19.4. The molecule has 0 aromatic heterocycles. The molecule has 1 unspecified atom stereocenters. The van der Waals surface area contributed by atoms with Gasteiger partial charge in [-0.2, -0.15) is 0 Å². The number of rotatable bonds is 6. The van der Waals surface area contributed by atoms with Gasteiger partial charge in [-0.05, 0) is 31.8 Å². The molecule has 1 heterocycles. The highest BCUT2D eigenvalue weighted by Crippen LogP contribution is 2.14. The Hall–Kier alpha value is 0.0200. The van der Waals surface area contributed by atoms with Gasteiger partial charge in [0.15, 0.2) is 0 Å². The van der Waals surface area contributed by atoms with Gasteiger partial charge in [0, 0.05) is 20.2 Å². The van der Waals surface area contributed by atoms with Crippen LogP contribution in [0.3, 0.4) is 0 Å². The second-order valence-corrected chi connectivity index (χ2v) is 4.14. The molecule has 102 valence electrons. The molecule has 1 aliphatic rings. The van der Waals surface area contributed by atoms with Crippen LogP contribution in [0.4, 0.5) is 0 Å². The van der Waals surface area contributed by atoms with Crippen molar-refractivity contribution in [3.63, 3.8) is 0 Å². The van der Waals surface area contributed by atoms with Gasteiger partial charge in [0.25, 0.3) is 0 Å². The fraction of sp³-hybridized carbons (Fsp3) is 0.833. The average molecular weight is 283 g/mol. The first-order chi connectivity index (χ1) is 7.36. The molecule has 0 bridgehead atoms. The summed E-state index contributed by atoms with van der Waals surface area (Å²) in [5, 5.41) is 3.42. The quantitative estimate of drug-likeness (QED) is 0.589. The molecule has 3 nitrogen and oxygen atoms in total.